The van der Waals surface area contributed by atoms with Crippen molar-refractivity contribution in [1.29, 1.82) is 0 Å². The Hall–Kier alpha value is -3.27. The van der Waals surface area contributed by atoms with Crippen molar-refractivity contribution in [1.82, 2.24) is 0 Å². The topological polar surface area (TPSA) is 111 Å². The Kier molecular flexibility index (Phi) is 4.58. The van der Waals surface area contributed by atoms with E-state index in [0.717, 1.165) is 9.37 Å². The molecule has 2 heterocycles. The van der Waals surface area contributed by atoms with Gasteiger partial charge in [-0.05, 0) is 24.6 Å². The molecular formula is C19H14BrN3O6. The van der Waals surface area contributed by atoms with Crippen molar-refractivity contribution in [2.75, 3.05) is 12.0 Å². The highest BCUT2D eigenvalue weighted by molar-refractivity contribution is 9.10. The van der Waals surface area contributed by atoms with Gasteiger partial charge in [-0.25, -0.2) is 4.90 Å². The molecular weight excluding hydrogens is 446 g/mol. The quantitative estimate of drug-likeness (QED) is 0.394. The van der Waals surface area contributed by atoms with E-state index in [4.69, 9.17) is 9.57 Å². The van der Waals surface area contributed by atoms with Crippen LogP contribution in [0.4, 0.5) is 11.4 Å². The number of aryl methyl sites for hydroxylation is 1. The molecule has 0 saturated carbocycles. The fraction of sp³-hybridized carbons (Fsp3) is 0.211. The summed E-state index contributed by atoms with van der Waals surface area (Å²) in [5.41, 5.74) is 1.40. The second-order valence-corrected chi connectivity index (χ2v) is 7.48. The molecule has 2 aliphatic heterocycles. The van der Waals surface area contributed by atoms with Crippen LogP contribution in [0.15, 0.2) is 46.0 Å². The van der Waals surface area contributed by atoms with Crippen molar-refractivity contribution in [2.45, 2.75) is 13.0 Å². The maximum Gasteiger partial charge on any atom is 0.311 e. The molecule has 0 N–H and O–H groups in total. The number of carbonyl (C=O) groups is 2. The number of oxime groups is 1. The van der Waals surface area contributed by atoms with Gasteiger partial charge in [0.25, 0.3) is 5.91 Å². The molecule has 1 saturated heterocycles. The minimum absolute atomic E-state index is 0.0454. The van der Waals surface area contributed by atoms with Crippen LogP contribution in [0.5, 0.6) is 5.75 Å². The van der Waals surface area contributed by atoms with E-state index in [1.165, 1.54) is 19.2 Å². The van der Waals surface area contributed by atoms with E-state index in [2.05, 4.69) is 21.1 Å². The van der Waals surface area contributed by atoms with Crippen LogP contribution < -0.4 is 9.64 Å². The normalized spacial score (nSPS) is 20.4. The number of imide groups is 1. The molecule has 0 spiro atoms. The number of amides is 2. The zero-order chi connectivity index (χ0) is 20.9. The number of benzene rings is 2. The van der Waals surface area contributed by atoms with Gasteiger partial charge < -0.3 is 9.57 Å². The second kappa shape index (κ2) is 6.96. The Balaban J connectivity index is 1.74. The first-order valence-electron chi connectivity index (χ1n) is 8.54. The van der Waals surface area contributed by atoms with Crippen LogP contribution in [-0.4, -0.2) is 35.7 Å². The minimum atomic E-state index is -1.07. The second-order valence-electron chi connectivity index (χ2n) is 6.57. The lowest BCUT2D eigenvalue weighted by Crippen LogP contribution is -2.33. The number of halogens is 1. The van der Waals surface area contributed by atoms with Gasteiger partial charge in [-0.2, -0.15) is 0 Å². The molecule has 4 rings (SSSR count). The van der Waals surface area contributed by atoms with Crippen LogP contribution in [-0.2, 0) is 14.4 Å². The Morgan fingerprint density at radius 1 is 1.21 bits per heavy atom. The molecule has 29 heavy (non-hydrogen) atoms. The van der Waals surface area contributed by atoms with Crippen LogP contribution in [0.3, 0.4) is 0 Å². The van der Waals surface area contributed by atoms with Gasteiger partial charge in [-0.3, -0.25) is 19.7 Å². The van der Waals surface area contributed by atoms with Crippen molar-refractivity contribution in [2.24, 2.45) is 11.1 Å². The summed E-state index contributed by atoms with van der Waals surface area (Å²) in [6.45, 7) is 1.58. The molecule has 0 aromatic heterocycles. The Morgan fingerprint density at radius 2 is 1.90 bits per heavy atom. The molecule has 0 bridgehead atoms. The van der Waals surface area contributed by atoms with Gasteiger partial charge in [0.2, 0.25) is 12.0 Å². The monoisotopic (exact) mass is 459 g/mol. The molecule has 9 nitrogen and oxygen atoms in total. The average molecular weight is 460 g/mol. The number of methoxy groups -OCH3 is 1. The van der Waals surface area contributed by atoms with E-state index in [1.54, 1.807) is 31.2 Å². The third kappa shape index (κ3) is 2.96. The molecule has 148 valence electrons. The van der Waals surface area contributed by atoms with E-state index in [9.17, 15) is 19.7 Å². The van der Waals surface area contributed by atoms with Gasteiger partial charge in [0, 0.05) is 22.2 Å². The molecule has 2 aliphatic rings. The smallest absolute Gasteiger partial charge is 0.311 e. The predicted molar refractivity (Wildman–Crippen MR) is 106 cm³/mol. The van der Waals surface area contributed by atoms with E-state index in [0.29, 0.717) is 16.8 Å². The summed E-state index contributed by atoms with van der Waals surface area (Å²) in [6.07, 6.45) is -1.07. The van der Waals surface area contributed by atoms with E-state index < -0.39 is 28.8 Å². The van der Waals surface area contributed by atoms with Crippen LogP contribution in [0.2, 0.25) is 0 Å². The van der Waals surface area contributed by atoms with Crippen LogP contribution in [0.1, 0.15) is 11.1 Å². The summed E-state index contributed by atoms with van der Waals surface area (Å²) in [5.74, 6) is -2.01. The first-order valence-corrected chi connectivity index (χ1v) is 9.33. The van der Waals surface area contributed by atoms with Gasteiger partial charge >= 0.3 is 5.69 Å². The van der Waals surface area contributed by atoms with Crippen LogP contribution in [0, 0.1) is 23.0 Å². The van der Waals surface area contributed by atoms with Crippen molar-refractivity contribution < 1.29 is 24.1 Å². The molecule has 1 fully saturated rings. The first-order chi connectivity index (χ1) is 13.8. The maximum absolute atomic E-state index is 13.2. The summed E-state index contributed by atoms with van der Waals surface area (Å²) < 4.78 is 5.94. The third-order valence-corrected chi connectivity index (χ3v) is 5.42. The SMILES string of the molecule is COc1cc(N2C(=O)[C@H]3C(c4ccc(Br)cc4)=NO[C@H]3C2=O)c(C)cc1[N+](=O)[O-]. The Morgan fingerprint density at radius 3 is 2.52 bits per heavy atom. The minimum Gasteiger partial charge on any atom is -0.490 e. The van der Waals surface area contributed by atoms with E-state index in [1.807, 2.05) is 0 Å². The number of carbonyl (C=O) groups excluding carboxylic acids is 2. The molecule has 2 atom stereocenters. The predicted octanol–water partition coefficient (Wildman–Crippen LogP) is 2.97. The number of nitro groups is 1. The largest absolute Gasteiger partial charge is 0.490 e. The van der Waals surface area contributed by atoms with Gasteiger partial charge in [0.1, 0.15) is 11.6 Å². The zero-order valence-electron chi connectivity index (χ0n) is 15.3. The highest BCUT2D eigenvalue weighted by atomic mass is 79.9. The number of hydrogen-bond acceptors (Lipinski definition) is 7. The Labute approximate surface area is 173 Å². The molecule has 0 unspecified atom stereocenters. The highest BCUT2D eigenvalue weighted by Gasteiger charge is 2.56. The summed E-state index contributed by atoms with van der Waals surface area (Å²) in [4.78, 5) is 43.0. The summed E-state index contributed by atoms with van der Waals surface area (Å²) in [5, 5.41) is 15.2. The molecule has 10 heteroatoms. The molecule has 2 amide bonds. The van der Waals surface area contributed by atoms with E-state index in [-0.39, 0.29) is 17.1 Å². The van der Waals surface area contributed by atoms with Crippen molar-refractivity contribution >= 4 is 44.8 Å². The average Bonchev–Trinajstić information content (AvgIpc) is 3.23. The first kappa shape index (κ1) is 19.1. The molecule has 0 aliphatic carbocycles. The lowest BCUT2D eigenvalue weighted by atomic mass is 9.94. The lowest BCUT2D eigenvalue weighted by molar-refractivity contribution is -0.385. The number of rotatable bonds is 4. The zero-order valence-corrected chi connectivity index (χ0v) is 16.9. The van der Waals surface area contributed by atoms with Gasteiger partial charge in [-0.1, -0.05) is 33.2 Å². The highest BCUT2D eigenvalue weighted by Crippen LogP contribution is 2.40. The van der Waals surface area contributed by atoms with Crippen molar-refractivity contribution in [3.63, 3.8) is 0 Å². The van der Waals surface area contributed by atoms with Crippen molar-refractivity contribution in [3.05, 3.63) is 62.1 Å². The van der Waals surface area contributed by atoms with Crippen molar-refractivity contribution in [3.8, 4) is 5.75 Å². The molecule has 0 radical (unpaired) electrons. The standard InChI is InChI=1S/C19H14BrN3O6/c1-9-7-13(23(26)27)14(28-2)8-12(9)22-18(24)15-16(21-29-17(15)19(22)25)10-3-5-11(20)6-4-10/h3-8,15,17H,1-2H3/t15-,17+/m0/s1. The fourth-order valence-corrected chi connectivity index (χ4v) is 3.75. The van der Waals surface area contributed by atoms with E-state index >= 15 is 0 Å². The van der Waals surface area contributed by atoms with Gasteiger partial charge in [0.15, 0.2) is 5.75 Å². The third-order valence-electron chi connectivity index (χ3n) is 4.89. The van der Waals surface area contributed by atoms with Crippen LogP contribution in [0.25, 0.3) is 0 Å². The number of ether oxygens (including phenoxy) is 1. The maximum atomic E-state index is 13.2. The molecule has 2 aromatic rings. The number of fused-ring (bicyclic) bond motifs is 1. The number of nitrogens with zero attached hydrogens (tertiary/aromatic N) is 3. The number of nitro benzene ring substituents is 1. The fourth-order valence-electron chi connectivity index (χ4n) is 3.48. The number of hydrogen-bond donors (Lipinski definition) is 0. The summed E-state index contributed by atoms with van der Waals surface area (Å²) in [6, 6.07) is 9.74. The van der Waals surface area contributed by atoms with Gasteiger partial charge in [-0.15, -0.1) is 0 Å². The summed E-state index contributed by atoms with van der Waals surface area (Å²) >= 11 is 3.35. The number of anilines is 1. The van der Waals surface area contributed by atoms with Gasteiger partial charge in [0.05, 0.1) is 17.7 Å². The Bertz CT molecular complexity index is 1080. The lowest BCUT2D eigenvalue weighted by Gasteiger charge is -2.18. The summed E-state index contributed by atoms with van der Waals surface area (Å²) in [7, 11) is 1.28. The molecule has 2 aromatic carbocycles. The van der Waals surface area contributed by atoms with Crippen LogP contribution >= 0.6 is 15.9 Å².